The van der Waals surface area contributed by atoms with E-state index in [-0.39, 0.29) is 6.61 Å². The van der Waals surface area contributed by atoms with E-state index < -0.39 is 24.5 Å². The van der Waals surface area contributed by atoms with E-state index in [4.69, 9.17) is 15.7 Å². The smallest absolute Gasteiger partial charge is 0.330 e. The van der Waals surface area contributed by atoms with Crippen molar-refractivity contribution in [2.75, 3.05) is 18.5 Å². The maximum absolute atomic E-state index is 11.5. The van der Waals surface area contributed by atoms with Gasteiger partial charge in [0.05, 0.1) is 11.6 Å². The van der Waals surface area contributed by atoms with Crippen molar-refractivity contribution in [1.82, 2.24) is 10.9 Å². The lowest BCUT2D eigenvalue weighted by Crippen LogP contribution is -2.46. The van der Waals surface area contributed by atoms with E-state index in [2.05, 4.69) is 5.32 Å². The van der Waals surface area contributed by atoms with Crippen molar-refractivity contribution in [3.8, 4) is 6.07 Å². The highest BCUT2D eigenvalue weighted by atomic mass is 16.5. The van der Waals surface area contributed by atoms with E-state index in [1.807, 2.05) is 16.9 Å². The van der Waals surface area contributed by atoms with Gasteiger partial charge < -0.3 is 15.8 Å². The molecule has 0 heterocycles. The SMILES string of the molecule is N#Cc1ccc(NC(=O)COCC(=O)NNC(N)=O)cc1. The lowest BCUT2D eigenvalue weighted by Gasteiger charge is -2.07. The van der Waals surface area contributed by atoms with E-state index in [1.165, 1.54) is 0 Å². The number of rotatable bonds is 5. The zero-order chi connectivity index (χ0) is 15.7. The van der Waals surface area contributed by atoms with Crippen molar-refractivity contribution in [3.05, 3.63) is 29.8 Å². The number of hydrogen-bond acceptors (Lipinski definition) is 5. The number of benzene rings is 1. The summed E-state index contributed by atoms with van der Waals surface area (Å²) in [5.41, 5.74) is 9.55. The van der Waals surface area contributed by atoms with Crippen LogP contribution >= 0.6 is 0 Å². The molecule has 5 N–H and O–H groups in total. The number of carbonyl (C=O) groups is 3. The number of anilines is 1. The molecule has 0 atom stereocenters. The molecule has 110 valence electrons. The summed E-state index contributed by atoms with van der Waals surface area (Å²) in [5.74, 6) is -1.12. The van der Waals surface area contributed by atoms with Crippen molar-refractivity contribution in [2.45, 2.75) is 0 Å². The predicted molar refractivity (Wildman–Crippen MR) is 71.5 cm³/mol. The fraction of sp³-hybridized carbons (Fsp3) is 0.167. The molecule has 0 radical (unpaired) electrons. The molecule has 0 spiro atoms. The summed E-state index contributed by atoms with van der Waals surface area (Å²) < 4.78 is 4.84. The van der Waals surface area contributed by atoms with Crippen LogP contribution in [0.4, 0.5) is 10.5 Å². The lowest BCUT2D eigenvalue weighted by atomic mass is 10.2. The second-order valence-corrected chi connectivity index (χ2v) is 3.77. The number of nitrogens with zero attached hydrogens (tertiary/aromatic N) is 1. The Bertz CT molecular complexity index is 564. The number of nitrogens with two attached hydrogens (primary N) is 1. The number of urea groups is 1. The Hall–Kier alpha value is -3.12. The summed E-state index contributed by atoms with van der Waals surface area (Å²) in [5, 5.41) is 11.1. The topological polar surface area (TPSA) is 146 Å². The van der Waals surface area contributed by atoms with Gasteiger partial charge in [0.25, 0.3) is 5.91 Å². The monoisotopic (exact) mass is 291 g/mol. The Morgan fingerprint density at radius 2 is 1.71 bits per heavy atom. The van der Waals surface area contributed by atoms with Gasteiger partial charge in [0.15, 0.2) is 0 Å². The third-order valence-corrected chi connectivity index (χ3v) is 2.09. The van der Waals surface area contributed by atoms with Gasteiger partial charge in [0.2, 0.25) is 5.91 Å². The summed E-state index contributed by atoms with van der Waals surface area (Å²) in [4.78, 5) is 32.9. The summed E-state index contributed by atoms with van der Waals surface area (Å²) in [7, 11) is 0. The first-order valence-corrected chi connectivity index (χ1v) is 5.73. The van der Waals surface area contributed by atoms with Crippen molar-refractivity contribution >= 4 is 23.5 Å². The van der Waals surface area contributed by atoms with Gasteiger partial charge in [-0.25, -0.2) is 10.2 Å². The number of ether oxygens (including phenoxy) is 1. The average Bonchev–Trinajstić information content (AvgIpc) is 2.46. The van der Waals surface area contributed by atoms with Gasteiger partial charge in [0, 0.05) is 5.69 Å². The van der Waals surface area contributed by atoms with E-state index in [9.17, 15) is 14.4 Å². The molecule has 0 unspecified atom stereocenters. The molecule has 0 fully saturated rings. The molecular weight excluding hydrogens is 278 g/mol. The van der Waals surface area contributed by atoms with Gasteiger partial charge in [-0.2, -0.15) is 5.26 Å². The summed E-state index contributed by atoms with van der Waals surface area (Å²) in [6.45, 7) is -0.759. The van der Waals surface area contributed by atoms with E-state index in [0.29, 0.717) is 11.3 Å². The van der Waals surface area contributed by atoms with Crippen LogP contribution in [0.2, 0.25) is 0 Å². The highest BCUT2D eigenvalue weighted by Gasteiger charge is 2.06. The van der Waals surface area contributed by atoms with Crippen LogP contribution in [0.25, 0.3) is 0 Å². The van der Waals surface area contributed by atoms with Crippen LogP contribution in [0.3, 0.4) is 0 Å². The molecule has 0 saturated heterocycles. The van der Waals surface area contributed by atoms with Gasteiger partial charge in [0.1, 0.15) is 13.2 Å². The zero-order valence-corrected chi connectivity index (χ0v) is 10.9. The minimum absolute atomic E-state index is 0.343. The number of nitrogens with one attached hydrogen (secondary N) is 3. The quantitative estimate of drug-likeness (QED) is 0.525. The van der Waals surface area contributed by atoms with Gasteiger partial charge in [-0.1, -0.05) is 0 Å². The van der Waals surface area contributed by atoms with Crippen molar-refractivity contribution in [2.24, 2.45) is 5.73 Å². The Balaban J connectivity index is 2.26. The first-order chi connectivity index (χ1) is 10.0. The number of hydrazine groups is 1. The Morgan fingerprint density at radius 1 is 1.10 bits per heavy atom. The molecule has 0 aliphatic heterocycles. The van der Waals surface area contributed by atoms with Crippen LogP contribution in [-0.2, 0) is 14.3 Å². The molecule has 4 amide bonds. The normalized spacial score (nSPS) is 9.29. The number of hydrogen-bond donors (Lipinski definition) is 4. The molecule has 9 heteroatoms. The van der Waals surface area contributed by atoms with Crippen molar-refractivity contribution < 1.29 is 19.1 Å². The van der Waals surface area contributed by atoms with Crippen LogP contribution in [-0.4, -0.2) is 31.1 Å². The van der Waals surface area contributed by atoms with Gasteiger partial charge in [-0.3, -0.25) is 15.0 Å². The molecule has 9 nitrogen and oxygen atoms in total. The van der Waals surface area contributed by atoms with Crippen molar-refractivity contribution in [1.29, 1.82) is 5.26 Å². The van der Waals surface area contributed by atoms with Crippen LogP contribution in [0.15, 0.2) is 24.3 Å². The highest BCUT2D eigenvalue weighted by Crippen LogP contribution is 2.08. The predicted octanol–water partition coefficient (Wildman–Crippen LogP) is -0.787. The van der Waals surface area contributed by atoms with Crippen LogP contribution in [0.5, 0.6) is 0 Å². The highest BCUT2D eigenvalue weighted by molar-refractivity contribution is 5.92. The molecule has 0 saturated carbocycles. The van der Waals surface area contributed by atoms with Crippen molar-refractivity contribution in [3.63, 3.8) is 0 Å². The van der Waals surface area contributed by atoms with Gasteiger partial charge >= 0.3 is 6.03 Å². The van der Waals surface area contributed by atoms with E-state index in [1.54, 1.807) is 24.3 Å². The average molecular weight is 291 g/mol. The largest absolute Gasteiger partial charge is 0.362 e. The fourth-order valence-corrected chi connectivity index (χ4v) is 1.23. The minimum atomic E-state index is -0.915. The second-order valence-electron chi connectivity index (χ2n) is 3.77. The second kappa shape index (κ2) is 8.13. The van der Waals surface area contributed by atoms with Crippen LogP contribution in [0.1, 0.15) is 5.56 Å². The van der Waals surface area contributed by atoms with Gasteiger partial charge in [-0.15, -0.1) is 0 Å². The minimum Gasteiger partial charge on any atom is -0.362 e. The first-order valence-electron chi connectivity index (χ1n) is 5.73. The number of primary amides is 1. The molecule has 1 aromatic rings. The molecule has 1 aromatic carbocycles. The Labute approximate surface area is 120 Å². The molecular formula is C12H13N5O4. The van der Waals surface area contributed by atoms with E-state index >= 15 is 0 Å². The summed E-state index contributed by atoms with van der Waals surface area (Å²) in [6.07, 6.45) is 0. The maximum Gasteiger partial charge on any atom is 0.330 e. The van der Waals surface area contributed by atoms with Crippen LogP contribution < -0.4 is 21.9 Å². The molecule has 0 aliphatic rings. The van der Waals surface area contributed by atoms with Crippen LogP contribution in [0, 0.1) is 11.3 Å². The number of amides is 4. The third kappa shape index (κ3) is 6.55. The number of nitriles is 1. The van der Waals surface area contributed by atoms with E-state index in [0.717, 1.165) is 0 Å². The molecule has 1 rings (SSSR count). The maximum atomic E-state index is 11.5. The lowest BCUT2D eigenvalue weighted by molar-refractivity contribution is -0.129. The first kappa shape index (κ1) is 15.9. The Kier molecular flexibility index (Phi) is 6.17. The summed E-state index contributed by atoms with van der Waals surface area (Å²) in [6, 6.07) is 7.29. The molecule has 0 aromatic heterocycles. The Morgan fingerprint density at radius 3 is 2.29 bits per heavy atom. The third-order valence-electron chi connectivity index (χ3n) is 2.09. The molecule has 21 heavy (non-hydrogen) atoms. The standard InChI is InChI=1S/C12H13N5O4/c13-5-8-1-3-9(4-2-8)15-10(18)6-21-7-11(19)16-17-12(14)20/h1-4H,6-7H2,(H,15,18)(H,16,19)(H3,14,17,20). The van der Waals surface area contributed by atoms with Gasteiger partial charge in [-0.05, 0) is 24.3 Å². The fourth-order valence-electron chi connectivity index (χ4n) is 1.23. The molecule has 0 aliphatic carbocycles. The summed E-state index contributed by atoms with van der Waals surface area (Å²) >= 11 is 0. The molecule has 0 bridgehead atoms. The number of carbonyl (C=O) groups excluding carboxylic acids is 3. The zero-order valence-electron chi connectivity index (χ0n) is 10.9.